The molecule has 0 N–H and O–H groups in total. The first-order valence-corrected chi connectivity index (χ1v) is 7.76. The topological polar surface area (TPSA) is 57.0 Å². The number of aryl methyl sites for hydroxylation is 2. The van der Waals surface area contributed by atoms with Gasteiger partial charge in [0, 0.05) is 0 Å². The van der Waals surface area contributed by atoms with Crippen LogP contribution in [0.5, 0.6) is 0 Å². The lowest BCUT2D eigenvalue weighted by atomic mass is 10.1. The zero-order valence-electron chi connectivity index (χ0n) is 14.0. The highest BCUT2D eigenvalue weighted by Gasteiger charge is 2.18. The van der Waals surface area contributed by atoms with Gasteiger partial charge in [-0.1, -0.05) is 52.7 Å². The third-order valence-corrected chi connectivity index (χ3v) is 3.82. The van der Waals surface area contributed by atoms with Crippen LogP contribution >= 0.6 is 0 Å². The summed E-state index contributed by atoms with van der Waals surface area (Å²) in [4.78, 5) is 12.3. The maximum absolute atomic E-state index is 12.3. The number of hydrogen-bond donors (Lipinski definition) is 0. The van der Waals surface area contributed by atoms with Crippen LogP contribution in [0.2, 0.25) is 0 Å². The number of rotatable bonds is 4. The lowest BCUT2D eigenvalue weighted by molar-refractivity contribution is 0.0464. The minimum absolute atomic E-state index is 0.220. The van der Waals surface area contributed by atoms with Crippen LogP contribution < -0.4 is 0 Å². The fourth-order valence-corrected chi connectivity index (χ4v) is 2.47. The number of esters is 1. The number of carbonyl (C=O) groups is 1. The van der Waals surface area contributed by atoms with Crippen LogP contribution in [0.15, 0.2) is 48.5 Å². The van der Waals surface area contributed by atoms with Crippen molar-refractivity contribution in [1.29, 1.82) is 0 Å². The molecule has 3 rings (SSSR count). The van der Waals surface area contributed by atoms with E-state index in [1.54, 1.807) is 4.68 Å². The molecule has 3 aromatic rings. The van der Waals surface area contributed by atoms with E-state index in [9.17, 15) is 4.79 Å². The molecule has 0 spiro atoms. The Labute approximate surface area is 140 Å². The second kappa shape index (κ2) is 6.66. The average molecular weight is 321 g/mol. The summed E-state index contributed by atoms with van der Waals surface area (Å²) in [5, 5.41) is 8.05. The van der Waals surface area contributed by atoms with Gasteiger partial charge in [-0.25, -0.2) is 9.48 Å². The average Bonchev–Trinajstić information content (AvgIpc) is 2.95. The Morgan fingerprint density at radius 2 is 1.79 bits per heavy atom. The van der Waals surface area contributed by atoms with Gasteiger partial charge in [0.15, 0.2) is 5.69 Å². The second-order valence-electron chi connectivity index (χ2n) is 5.84. The van der Waals surface area contributed by atoms with E-state index in [0.717, 1.165) is 22.4 Å². The van der Waals surface area contributed by atoms with Crippen LogP contribution in [0.1, 0.15) is 32.9 Å². The van der Waals surface area contributed by atoms with Gasteiger partial charge in [-0.05, 0) is 38.5 Å². The zero-order valence-corrected chi connectivity index (χ0v) is 14.0. The van der Waals surface area contributed by atoms with Crippen molar-refractivity contribution in [1.82, 2.24) is 15.0 Å². The van der Waals surface area contributed by atoms with E-state index in [-0.39, 0.29) is 12.3 Å². The number of carbonyl (C=O) groups excluding carboxylic acids is 1. The molecule has 0 aliphatic rings. The Morgan fingerprint density at radius 1 is 1.04 bits per heavy atom. The van der Waals surface area contributed by atoms with E-state index < -0.39 is 5.97 Å². The van der Waals surface area contributed by atoms with Crippen molar-refractivity contribution in [2.75, 3.05) is 0 Å². The molecule has 0 fully saturated rings. The van der Waals surface area contributed by atoms with Gasteiger partial charge in [0.1, 0.15) is 6.61 Å². The van der Waals surface area contributed by atoms with Gasteiger partial charge in [-0.15, -0.1) is 5.10 Å². The van der Waals surface area contributed by atoms with Gasteiger partial charge >= 0.3 is 5.97 Å². The molecular weight excluding hydrogens is 302 g/mol. The lowest BCUT2D eigenvalue weighted by Gasteiger charge is -2.06. The smallest absolute Gasteiger partial charge is 0.361 e. The van der Waals surface area contributed by atoms with Crippen molar-refractivity contribution in [3.05, 3.63) is 76.6 Å². The maximum Gasteiger partial charge on any atom is 0.361 e. The van der Waals surface area contributed by atoms with Crippen molar-refractivity contribution in [3.63, 3.8) is 0 Å². The molecule has 24 heavy (non-hydrogen) atoms. The van der Waals surface area contributed by atoms with Crippen LogP contribution in [0.4, 0.5) is 0 Å². The molecule has 0 aliphatic heterocycles. The van der Waals surface area contributed by atoms with Gasteiger partial charge in [0.05, 0.1) is 11.4 Å². The van der Waals surface area contributed by atoms with Crippen molar-refractivity contribution < 1.29 is 9.53 Å². The van der Waals surface area contributed by atoms with E-state index in [2.05, 4.69) is 10.3 Å². The molecule has 0 amide bonds. The maximum atomic E-state index is 12.3. The standard InChI is InChI=1S/C19H19N3O2/c1-13-7-9-17(10-8-13)22-15(3)18(20-21-22)19(23)24-12-16-6-4-5-14(2)11-16/h4-11H,12H2,1-3H3. The third kappa shape index (κ3) is 3.35. The van der Waals surface area contributed by atoms with Crippen LogP contribution in [0.25, 0.3) is 5.69 Å². The zero-order chi connectivity index (χ0) is 17.1. The SMILES string of the molecule is Cc1ccc(-n2nnc(C(=O)OCc3cccc(C)c3)c2C)cc1. The minimum atomic E-state index is -0.465. The van der Waals surface area contributed by atoms with Crippen LogP contribution in [0.3, 0.4) is 0 Å². The third-order valence-electron chi connectivity index (χ3n) is 3.82. The normalized spacial score (nSPS) is 10.6. The summed E-state index contributed by atoms with van der Waals surface area (Å²) in [6, 6.07) is 15.7. The van der Waals surface area contributed by atoms with E-state index in [4.69, 9.17) is 4.74 Å². The molecule has 0 atom stereocenters. The molecule has 5 nitrogen and oxygen atoms in total. The van der Waals surface area contributed by atoms with Crippen LogP contribution in [-0.4, -0.2) is 21.0 Å². The van der Waals surface area contributed by atoms with Crippen molar-refractivity contribution >= 4 is 5.97 Å². The molecule has 122 valence electrons. The summed E-state index contributed by atoms with van der Waals surface area (Å²) in [7, 11) is 0. The van der Waals surface area contributed by atoms with E-state index in [1.807, 2.05) is 69.3 Å². The molecule has 1 aromatic heterocycles. The van der Waals surface area contributed by atoms with Gasteiger partial charge in [-0.3, -0.25) is 0 Å². The highest BCUT2D eigenvalue weighted by atomic mass is 16.5. The highest BCUT2D eigenvalue weighted by Crippen LogP contribution is 2.14. The predicted octanol–water partition coefficient (Wildman–Crippen LogP) is 3.55. The number of hydrogen-bond acceptors (Lipinski definition) is 4. The fourth-order valence-electron chi connectivity index (χ4n) is 2.47. The molecule has 2 aromatic carbocycles. The Morgan fingerprint density at radius 3 is 2.50 bits per heavy atom. The summed E-state index contributed by atoms with van der Waals surface area (Å²) in [6.45, 7) is 6.05. The van der Waals surface area contributed by atoms with Gasteiger partial charge in [-0.2, -0.15) is 0 Å². The summed E-state index contributed by atoms with van der Waals surface area (Å²) >= 11 is 0. The summed E-state index contributed by atoms with van der Waals surface area (Å²) in [5.74, 6) is -0.465. The molecule has 0 bridgehead atoms. The molecule has 0 saturated carbocycles. The lowest BCUT2D eigenvalue weighted by Crippen LogP contribution is -2.08. The van der Waals surface area contributed by atoms with Gasteiger partial charge in [0.2, 0.25) is 0 Å². The molecule has 1 heterocycles. The largest absolute Gasteiger partial charge is 0.456 e. The Kier molecular flexibility index (Phi) is 4.42. The first-order chi connectivity index (χ1) is 11.5. The minimum Gasteiger partial charge on any atom is -0.456 e. The fraction of sp³-hybridized carbons (Fsp3) is 0.211. The molecule has 0 unspecified atom stereocenters. The van der Waals surface area contributed by atoms with E-state index in [0.29, 0.717) is 5.69 Å². The Hall–Kier alpha value is -2.95. The number of aromatic nitrogens is 3. The van der Waals surface area contributed by atoms with Crippen LogP contribution in [0, 0.1) is 20.8 Å². The van der Waals surface area contributed by atoms with Crippen molar-refractivity contribution in [2.24, 2.45) is 0 Å². The summed E-state index contributed by atoms with van der Waals surface area (Å²) < 4.78 is 7.01. The summed E-state index contributed by atoms with van der Waals surface area (Å²) in [6.07, 6.45) is 0. The molecule has 5 heteroatoms. The monoisotopic (exact) mass is 321 g/mol. The quantitative estimate of drug-likeness (QED) is 0.690. The molecule has 0 saturated heterocycles. The van der Waals surface area contributed by atoms with Crippen molar-refractivity contribution in [3.8, 4) is 5.69 Å². The van der Waals surface area contributed by atoms with Crippen molar-refractivity contribution in [2.45, 2.75) is 27.4 Å². The molecular formula is C19H19N3O2. The number of nitrogens with zero attached hydrogens (tertiary/aromatic N) is 3. The first-order valence-electron chi connectivity index (χ1n) is 7.76. The van der Waals surface area contributed by atoms with Gasteiger partial charge < -0.3 is 4.74 Å². The Balaban J connectivity index is 1.75. The van der Waals surface area contributed by atoms with E-state index in [1.165, 1.54) is 0 Å². The predicted molar refractivity (Wildman–Crippen MR) is 91.1 cm³/mol. The molecule has 0 radical (unpaired) electrons. The molecule has 0 aliphatic carbocycles. The Bertz CT molecular complexity index is 867. The summed E-state index contributed by atoms with van der Waals surface area (Å²) in [5.41, 5.74) is 5.01. The second-order valence-corrected chi connectivity index (χ2v) is 5.84. The number of ether oxygens (including phenoxy) is 1. The van der Waals surface area contributed by atoms with Gasteiger partial charge in [0.25, 0.3) is 0 Å². The first kappa shape index (κ1) is 15.9. The highest BCUT2D eigenvalue weighted by molar-refractivity contribution is 5.88. The number of benzene rings is 2. The van der Waals surface area contributed by atoms with Crippen LogP contribution in [-0.2, 0) is 11.3 Å². The van der Waals surface area contributed by atoms with E-state index >= 15 is 0 Å².